The minimum atomic E-state index is 0.749. The van der Waals surface area contributed by atoms with E-state index in [9.17, 15) is 0 Å². The van der Waals surface area contributed by atoms with Crippen molar-refractivity contribution in [2.75, 3.05) is 6.54 Å². The standard InChI is InChI=1S/C7H8N4/c8-6-1-2-7-10-9-3-4-11(7)5-6/h1-3,5H,4,8H2. The third-order valence-corrected chi connectivity index (χ3v) is 1.54. The molecule has 0 bridgehead atoms. The molecule has 2 rings (SSSR count). The van der Waals surface area contributed by atoms with E-state index < -0.39 is 0 Å². The molecule has 0 aliphatic carbocycles. The van der Waals surface area contributed by atoms with Crippen LogP contribution < -0.4 is 5.73 Å². The highest BCUT2D eigenvalue weighted by atomic mass is 15.3. The molecule has 0 aromatic carbocycles. The average Bonchev–Trinajstić information content (AvgIpc) is 2.04. The number of fused-ring (bicyclic) bond motifs is 1. The van der Waals surface area contributed by atoms with Gasteiger partial charge in [-0.05, 0) is 12.2 Å². The Labute approximate surface area is 64.4 Å². The Kier molecular flexibility index (Phi) is 1.25. The first kappa shape index (κ1) is 6.15. The van der Waals surface area contributed by atoms with Crippen LogP contribution in [-0.2, 0) is 0 Å². The van der Waals surface area contributed by atoms with E-state index in [0.717, 1.165) is 18.1 Å². The molecule has 56 valence electrons. The van der Waals surface area contributed by atoms with Crippen molar-refractivity contribution in [3.05, 3.63) is 24.0 Å². The third kappa shape index (κ3) is 1.02. The molecule has 0 atom stereocenters. The van der Waals surface area contributed by atoms with E-state index in [2.05, 4.69) is 10.2 Å². The summed E-state index contributed by atoms with van der Waals surface area (Å²) in [6.45, 7) is 0.754. The van der Waals surface area contributed by atoms with Crippen molar-refractivity contribution < 1.29 is 0 Å². The average molecular weight is 148 g/mol. The van der Waals surface area contributed by atoms with E-state index in [-0.39, 0.29) is 0 Å². The summed E-state index contributed by atoms with van der Waals surface area (Å²) < 4.78 is 0. The van der Waals surface area contributed by atoms with Gasteiger partial charge in [-0.1, -0.05) is 0 Å². The van der Waals surface area contributed by atoms with E-state index in [4.69, 9.17) is 5.73 Å². The zero-order valence-corrected chi connectivity index (χ0v) is 5.94. The Balaban J connectivity index is 2.33. The second-order valence-corrected chi connectivity index (χ2v) is 2.37. The zero-order chi connectivity index (χ0) is 7.68. The van der Waals surface area contributed by atoms with Crippen LogP contribution >= 0.6 is 0 Å². The molecule has 4 nitrogen and oxygen atoms in total. The van der Waals surface area contributed by atoms with Crippen molar-refractivity contribution in [1.29, 1.82) is 0 Å². The van der Waals surface area contributed by atoms with Crippen LogP contribution in [0.2, 0.25) is 0 Å². The summed E-state index contributed by atoms with van der Waals surface area (Å²) in [5.41, 5.74) is 6.32. The molecule has 0 radical (unpaired) electrons. The number of hydrogen-bond acceptors (Lipinski definition) is 4. The Hall–Kier alpha value is -1.58. The maximum Gasteiger partial charge on any atom is 0.155 e. The summed E-state index contributed by atoms with van der Waals surface area (Å²) >= 11 is 0. The van der Waals surface area contributed by atoms with Crippen LogP contribution in [-0.4, -0.2) is 23.5 Å². The predicted octanol–water partition coefficient (Wildman–Crippen LogP) is 0.0562. The number of allylic oxidation sites excluding steroid dienone is 1. The minimum absolute atomic E-state index is 0.749. The molecule has 0 fully saturated rings. The van der Waals surface area contributed by atoms with Gasteiger partial charge in [0.2, 0.25) is 0 Å². The Morgan fingerprint density at radius 3 is 3.27 bits per heavy atom. The van der Waals surface area contributed by atoms with Gasteiger partial charge >= 0.3 is 0 Å². The smallest absolute Gasteiger partial charge is 0.155 e. The second-order valence-electron chi connectivity index (χ2n) is 2.37. The van der Waals surface area contributed by atoms with Crippen LogP contribution in [0.5, 0.6) is 0 Å². The quantitative estimate of drug-likeness (QED) is 0.528. The zero-order valence-electron chi connectivity index (χ0n) is 5.94. The highest BCUT2D eigenvalue weighted by molar-refractivity contribution is 5.97. The Bertz CT molecular complexity index is 285. The lowest BCUT2D eigenvalue weighted by molar-refractivity contribution is 0.625. The predicted molar refractivity (Wildman–Crippen MR) is 44.0 cm³/mol. The van der Waals surface area contributed by atoms with Gasteiger partial charge in [0, 0.05) is 18.1 Å². The van der Waals surface area contributed by atoms with Crippen molar-refractivity contribution >= 4 is 12.1 Å². The summed E-state index contributed by atoms with van der Waals surface area (Å²) in [5, 5.41) is 7.70. The lowest BCUT2D eigenvalue weighted by Crippen LogP contribution is -2.31. The SMILES string of the molecule is NC1=CN2CC=NN=C2C=C1. The van der Waals surface area contributed by atoms with E-state index in [1.165, 1.54) is 0 Å². The molecule has 11 heavy (non-hydrogen) atoms. The van der Waals surface area contributed by atoms with Gasteiger partial charge in [0.05, 0.1) is 6.54 Å². The first-order chi connectivity index (χ1) is 5.36. The fourth-order valence-electron chi connectivity index (χ4n) is 1.02. The fraction of sp³-hybridized carbons (Fsp3) is 0.143. The molecule has 0 spiro atoms. The summed E-state index contributed by atoms with van der Waals surface area (Å²) in [5.74, 6) is 0.849. The summed E-state index contributed by atoms with van der Waals surface area (Å²) in [6, 6.07) is 0. The Morgan fingerprint density at radius 1 is 1.45 bits per heavy atom. The van der Waals surface area contributed by atoms with Gasteiger partial charge < -0.3 is 10.6 Å². The molecular formula is C7H8N4. The third-order valence-electron chi connectivity index (χ3n) is 1.54. The molecule has 0 saturated carbocycles. The van der Waals surface area contributed by atoms with E-state index >= 15 is 0 Å². The largest absolute Gasteiger partial charge is 0.398 e. The van der Waals surface area contributed by atoms with E-state index in [1.54, 1.807) is 6.21 Å². The summed E-state index contributed by atoms with van der Waals surface area (Å²) in [7, 11) is 0. The Morgan fingerprint density at radius 2 is 2.36 bits per heavy atom. The lowest BCUT2D eigenvalue weighted by atomic mass is 10.3. The molecule has 2 aliphatic heterocycles. The first-order valence-electron chi connectivity index (χ1n) is 3.38. The van der Waals surface area contributed by atoms with Gasteiger partial charge in [-0.3, -0.25) is 0 Å². The second kappa shape index (κ2) is 2.23. The van der Waals surface area contributed by atoms with Crippen molar-refractivity contribution in [2.24, 2.45) is 15.9 Å². The number of rotatable bonds is 0. The fourth-order valence-corrected chi connectivity index (χ4v) is 1.02. The molecule has 2 heterocycles. The molecule has 0 aromatic heterocycles. The van der Waals surface area contributed by atoms with Gasteiger partial charge in [0.1, 0.15) is 0 Å². The summed E-state index contributed by atoms with van der Waals surface area (Å²) in [4.78, 5) is 1.95. The highest BCUT2D eigenvalue weighted by Gasteiger charge is 2.11. The molecular weight excluding hydrogens is 140 g/mol. The van der Waals surface area contributed by atoms with Crippen LogP contribution in [0.25, 0.3) is 0 Å². The van der Waals surface area contributed by atoms with Crippen molar-refractivity contribution in [2.45, 2.75) is 0 Å². The van der Waals surface area contributed by atoms with Crippen LogP contribution in [0.15, 0.2) is 34.3 Å². The van der Waals surface area contributed by atoms with Gasteiger partial charge in [0.15, 0.2) is 5.84 Å². The van der Waals surface area contributed by atoms with E-state index in [0.29, 0.717) is 0 Å². The van der Waals surface area contributed by atoms with Crippen molar-refractivity contribution in [3.8, 4) is 0 Å². The van der Waals surface area contributed by atoms with Gasteiger partial charge in [0.25, 0.3) is 0 Å². The van der Waals surface area contributed by atoms with Crippen LogP contribution in [0, 0.1) is 0 Å². The number of nitrogens with zero attached hydrogens (tertiary/aromatic N) is 3. The highest BCUT2D eigenvalue weighted by Crippen LogP contribution is 2.07. The first-order valence-corrected chi connectivity index (χ1v) is 3.38. The van der Waals surface area contributed by atoms with Crippen LogP contribution in [0.4, 0.5) is 0 Å². The van der Waals surface area contributed by atoms with Gasteiger partial charge in [-0.25, -0.2) is 0 Å². The topological polar surface area (TPSA) is 54.0 Å². The van der Waals surface area contributed by atoms with Crippen molar-refractivity contribution in [3.63, 3.8) is 0 Å². The molecule has 2 N–H and O–H groups in total. The maximum absolute atomic E-state index is 5.57. The molecule has 0 aromatic rings. The summed E-state index contributed by atoms with van der Waals surface area (Å²) in [6.07, 6.45) is 7.26. The minimum Gasteiger partial charge on any atom is -0.398 e. The van der Waals surface area contributed by atoms with Gasteiger partial charge in [-0.15, -0.1) is 5.10 Å². The number of hydrogen-bond donors (Lipinski definition) is 1. The molecule has 2 aliphatic rings. The normalized spacial score (nSPS) is 20.9. The van der Waals surface area contributed by atoms with E-state index in [1.807, 2.05) is 23.3 Å². The number of amidine groups is 1. The van der Waals surface area contributed by atoms with Crippen LogP contribution in [0.1, 0.15) is 0 Å². The molecule has 4 heteroatoms. The van der Waals surface area contributed by atoms with Gasteiger partial charge in [-0.2, -0.15) is 5.10 Å². The molecule has 0 unspecified atom stereocenters. The number of nitrogens with two attached hydrogens (primary N) is 1. The monoisotopic (exact) mass is 148 g/mol. The lowest BCUT2D eigenvalue weighted by Gasteiger charge is -2.22. The molecule has 0 amide bonds. The van der Waals surface area contributed by atoms with Crippen molar-refractivity contribution in [1.82, 2.24) is 4.90 Å². The van der Waals surface area contributed by atoms with Crippen LogP contribution in [0.3, 0.4) is 0 Å². The maximum atomic E-state index is 5.57. The molecule has 0 saturated heterocycles.